The van der Waals surface area contributed by atoms with Crippen LogP contribution in [0.25, 0.3) is 0 Å². The molecular weight excluding hydrogens is 418 g/mol. The minimum atomic E-state index is -1.79. The van der Waals surface area contributed by atoms with Gasteiger partial charge in [0.2, 0.25) is 0 Å². The van der Waals surface area contributed by atoms with Crippen LogP contribution in [0.1, 0.15) is 56.3 Å². The lowest BCUT2D eigenvalue weighted by Gasteiger charge is -2.56. The van der Waals surface area contributed by atoms with Crippen molar-refractivity contribution in [2.24, 2.45) is 28.6 Å². The van der Waals surface area contributed by atoms with E-state index in [0.29, 0.717) is 12.0 Å². The molecule has 6 heteroatoms. The first-order valence-electron chi connectivity index (χ1n) is 11.7. The standard InChI is InChI=1S/C27H29NO5/c1-25-12-10-18(29)14-17(25)8-9-19-20-11-13-27(33,26(20,2)15-21(30)22(19)25)24(32)28-23(31)16-6-4-3-5-7-16/h3-7,10,12,14,19-20,22,33H,8-9,11,13,15H2,1-2H3,(H,28,31,32)/t19-,20-,22+,25-,26-,27-/m0/s1. The molecule has 4 aliphatic carbocycles. The predicted molar refractivity (Wildman–Crippen MR) is 121 cm³/mol. The highest BCUT2D eigenvalue weighted by Crippen LogP contribution is 2.65. The van der Waals surface area contributed by atoms with E-state index in [1.54, 1.807) is 42.5 Å². The number of carbonyl (C=O) groups is 4. The Balaban J connectivity index is 1.44. The summed E-state index contributed by atoms with van der Waals surface area (Å²) in [6, 6.07) is 8.41. The van der Waals surface area contributed by atoms with Gasteiger partial charge in [-0.15, -0.1) is 0 Å². The molecule has 3 saturated carbocycles. The van der Waals surface area contributed by atoms with E-state index in [9.17, 15) is 24.3 Å². The van der Waals surface area contributed by atoms with Crippen LogP contribution < -0.4 is 5.32 Å². The lowest BCUT2D eigenvalue weighted by molar-refractivity contribution is -0.167. The molecule has 2 amide bonds. The Kier molecular flexibility index (Phi) is 4.87. The minimum absolute atomic E-state index is 0.0166. The third kappa shape index (κ3) is 3.03. The summed E-state index contributed by atoms with van der Waals surface area (Å²) >= 11 is 0. The van der Waals surface area contributed by atoms with Crippen LogP contribution in [0.4, 0.5) is 0 Å². The molecule has 33 heavy (non-hydrogen) atoms. The fraction of sp³-hybridized carbons (Fsp3) is 0.481. The highest BCUT2D eigenvalue weighted by molar-refractivity contribution is 6.07. The number of carbonyl (C=O) groups excluding carboxylic acids is 4. The minimum Gasteiger partial charge on any atom is -0.379 e. The fourth-order valence-corrected chi connectivity index (χ4v) is 7.27. The van der Waals surface area contributed by atoms with Gasteiger partial charge >= 0.3 is 0 Å². The molecule has 4 aliphatic rings. The van der Waals surface area contributed by atoms with Crippen LogP contribution in [-0.4, -0.2) is 34.1 Å². The SMILES string of the molecule is C[C@]12C=CC(=O)C=C1CC[C@@H]1[C@@H]2C(=O)C[C@@]2(C)[C@H]1CC[C@]2(O)C(=O)NC(=O)c1ccccc1. The molecule has 0 unspecified atom stereocenters. The van der Waals surface area contributed by atoms with Crippen LogP contribution in [0, 0.1) is 28.6 Å². The van der Waals surface area contributed by atoms with Crippen LogP contribution in [0.5, 0.6) is 0 Å². The Hall–Kier alpha value is -2.86. The quantitative estimate of drug-likeness (QED) is 0.679. The average Bonchev–Trinajstić information content (AvgIpc) is 3.06. The van der Waals surface area contributed by atoms with E-state index in [1.807, 2.05) is 19.9 Å². The van der Waals surface area contributed by atoms with Gasteiger partial charge in [-0.05, 0) is 61.8 Å². The van der Waals surface area contributed by atoms with Gasteiger partial charge in [0.25, 0.3) is 11.8 Å². The second-order valence-corrected chi connectivity index (χ2v) is 10.6. The van der Waals surface area contributed by atoms with Crippen molar-refractivity contribution in [3.63, 3.8) is 0 Å². The predicted octanol–water partition coefficient (Wildman–Crippen LogP) is 3.16. The second-order valence-electron chi connectivity index (χ2n) is 10.6. The number of benzene rings is 1. The molecule has 3 fully saturated rings. The molecule has 6 nitrogen and oxygen atoms in total. The Labute approximate surface area is 193 Å². The number of allylic oxidation sites excluding steroid dienone is 4. The van der Waals surface area contributed by atoms with Crippen LogP contribution in [0.15, 0.2) is 54.1 Å². The molecule has 0 radical (unpaired) electrons. The van der Waals surface area contributed by atoms with E-state index in [1.165, 1.54) is 0 Å². The molecule has 1 aromatic carbocycles. The second kappa shape index (κ2) is 7.32. The molecule has 5 rings (SSSR count). The monoisotopic (exact) mass is 447 g/mol. The van der Waals surface area contributed by atoms with Crippen molar-refractivity contribution in [3.8, 4) is 0 Å². The molecule has 6 atom stereocenters. The van der Waals surface area contributed by atoms with Crippen LogP contribution in [0.3, 0.4) is 0 Å². The summed E-state index contributed by atoms with van der Waals surface area (Å²) in [5.74, 6) is -1.57. The number of amides is 2. The highest BCUT2D eigenvalue weighted by atomic mass is 16.3. The van der Waals surface area contributed by atoms with E-state index in [2.05, 4.69) is 5.32 Å². The van der Waals surface area contributed by atoms with Gasteiger partial charge in [0.05, 0.1) is 0 Å². The van der Waals surface area contributed by atoms with Crippen molar-refractivity contribution in [2.75, 3.05) is 0 Å². The average molecular weight is 448 g/mol. The van der Waals surface area contributed by atoms with Crippen molar-refractivity contribution < 1.29 is 24.3 Å². The Bertz CT molecular complexity index is 1120. The van der Waals surface area contributed by atoms with E-state index in [-0.39, 0.29) is 42.2 Å². The highest BCUT2D eigenvalue weighted by Gasteiger charge is 2.68. The molecule has 0 spiro atoms. The van der Waals surface area contributed by atoms with E-state index >= 15 is 0 Å². The zero-order chi connectivity index (χ0) is 23.6. The number of imide groups is 1. The largest absolute Gasteiger partial charge is 0.379 e. The molecule has 0 heterocycles. The van der Waals surface area contributed by atoms with Crippen LogP contribution in [-0.2, 0) is 14.4 Å². The number of fused-ring (bicyclic) bond motifs is 5. The van der Waals surface area contributed by atoms with E-state index in [4.69, 9.17) is 0 Å². The van der Waals surface area contributed by atoms with Gasteiger partial charge < -0.3 is 5.11 Å². The van der Waals surface area contributed by atoms with Crippen LogP contribution in [0.2, 0.25) is 0 Å². The van der Waals surface area contributed by atoms with Crippen molar-refractivity contribution >= 4 is 23.4 Å². The molecule has 1 aromatic rings. The maximum atomic E-state index is 13.6. The first-order chi connectivity index (χ1) is 15.6. The molecule has 172 valence electrons. The topological polar surface area (TPSA) is 101 Å². The fourth-order valence-electron chi connectivity index (χ4n) is 7.27. The lowest BCUT2D eigenvalue weighted by Crippen LogP contribution is -2.62. The summed E-state index contributed by atoms with van der Waals surface area (Å²) in [4.78, 5) is 51.4. The molecular formula is C27H29NO5. The van der Waals surface area contributed by atoms with Gasteiger partial charge in [0, 0.05) is 28.7 Å². The summed E-state index contributed by atoms with van der Waals surface area (Å²) < 4.78 is 0. The maximum Gasteiger partial charge on any atom is 0.259 e. The Morgan fingerprint density at radius 1 is 1.09 bits per heavy atom. The summed E-state index contributed by atoms with van der Waals surface area (Å²) in [6.45, 7) is 3.87. The lowest BCUT2D eigenvalue weighted by atomic mass is 9.47. The third-order valence-electron chi connectivity index (χ3n) is 9.05. The van der Waals surface area contributed by atoms with Gasteiger partial charge in [-0.3, -0.25) is 24.5 Å². The van der Waals surface area contributed by atoms with Gasteiger partial charge in [-0.2, -0.15) is 0 Å². The maximum absolute atomic E-state index is 13.6. The van der Waals surface area contributed by atoms with E-state index in [0.717, 1.165) is 18.4 Å². The van der Waals surface area contributed by atoms with Crippen molar-refractivity contribution in [2.45, 2.75) is 51.6 Å². The third-order valence-corrected chi connectivity index (χ3v) is 9.05. The number of hydrogen-bond acceptors (Lipinski definition) is 5. The van der Waals surface area contributed by atoms with Crippen molar-refractivity contribution in [3.05, 3.63) is 59.7 Å². The molecule has 0 bridgehead atoms. The van der Waals surface area contributed by atoms with Crippen molar-refractivity contribution in [1.82, 2.24) is 5.32 Å². The number of rotatable bonds is 2. The Morgan fingerprint density at radius 3 is 2.55 bits per heavy atom. The van der Waals surface area contributed by atoms with Gasteiger partial charge in [0.15, 0.2) is 5.78 Å². The number of hydrogen-bond donors (Lipinski definition) is 2. The van der Waals surface area contributed by atoms with Gasteiger partial charge in [-0.1, -0.05) is 43.7 Å². The van der Waals surface area contributed by atoms with Gasteiger partial charge in [0.1, 0.15) is 11.4 Å². The van der Waals surface area contributed by atoms with Gasteiger partial charge in [-0.25, -0.2) is 0 Å². The zero-order valence-corrected chi connectivity index (χ0v) is 19.0. The summed E-state index contributed by atoms with van der Waals surface area (Å²) in [5.41, 5.74) is -1.89. The summed E-state index contributed by atoms with van der Waals surface area (Å²) in [6.07, 6.45) is 7.50. The molecule has 0 aromatic heterocycles. The first kappa shape index (κ1) is 22.0. The Morgan fingerprint density at radius 2 is 1.82 bits per heavy atom. The number of aliphatic hydroxyl groups is 1. The number of nitrogens with one attached hydrogen (secondary N) is 1. The normalized spacial score (nSPS) is 39.2. The summed E-state index contributed by atoms with van der Waals surface area (Å²) in [7, 11) is 0. The molecule has 0 aliphatic heterocycles. The summed E-state index contributed by atoms with van der Waals surface area (Å²) in [5, 5.41) is 14.0. The molecule has 2 N–H and O–H groups in total. The number of ketones is 2. The van der Waals surface area contributed by atoms with Crippen molar-refractivity contribution in [1.29, 1.82) is 0 Å². The zero-order valence-electron chi connectivity index (χ0n) is 19.0. The van der Waals surface area contributed by atoms with E-state index < -0.39 is 28.2 Å². The smallest absolute Gasteiger partial charge is 0.259 e. The molecule has 0 saturated heterocycles. The first-order valence-corrected chi connectivity index (χ1v) is 11.7. The number of Topliss-reactive ketones (excluding diaryl/α,β-unsaturated/α-hetero) is 1. The van der Waals surface area contributed by atoms with Crippen LogP contribution >= 0.6 is 0 Å².